The summed E-state index contributed by atoms with van der Waals surface area (Å²) in [5.41, 5.74) is 0. The predicted molar refractivity (Wildman–Crippen MR) is 73.1 cm³/mol. The van der Waals surface area contributed by atoms with Crippen molar-refractivity contribution in [1.29, 1.82) is 0 Å². The zero-order valence-electron chi connectivity index (χ0n) is 10.1. The van der Waals surface area contributed by atoms with E-state index in [1.165, 1.54) is 0 Å². The fourth-order valence-corrected chi connectivity index (χ4v) is 1.77. The number of hydrogen-bond donors (Lipinski definition) is 3. The van der Waals surface area contributed by atoms with Crippen LogP contribution in [0.2, 0.25) is 10.0 Å². The summed E-state index contributed by atoms with van der Waals surface area (Å²) in [6.07, 6.45) is 0. The number of halogens is 2. The molecular weight excluding hydrogens is 261 g/mol. The van der Waals surface area contributed by atoms with Crippen molar-refractivity contribution in [2.75, 3.05) is 24.3 Å². The van der Waals surface area contributed by atoms with Gasteiger partial charge in [-0.05, 0) is 18.9 Å². The van der Waals surface area contributed by atoms with Gasteiger partial charge >= 0.3 is 0 Å². The number of rotatable bonds is 5. The Balaban J connectivity index is 2.91. The third-order valence-electron chi connectivity index (χ3n) is 2.67. The summed E-state index contributed by atoms with van der Waals surface area (Å²) in [5, 5.41) is 16.1. The summed E-state index contributed by atoms with van der Waals surface area (Å²) in [6.45, 7) is 4.02. The third-order valence-corrected chi connectivity index (χ3v) is 3.25. The topological polar surface area (TPSA) is 57.2 Å². The van der Waals surface area contributed by atoms with Gasteiger partial charge in [0.25, 0.3) is 0 Å². The van der Waals surface area contributed by atoms with Gasteiger partial charge in [0.05, 0.1) is 10.0 Å². The van der Waals surface area contributed by atoms with Crippen LogP contribution in [0.1, 0.15) is 13.8 Å². The quantitative estimate of drug-likeness (QED) is 0.775. The van der Waals surface area contributed by atoms with E-state index in [9.17, 15) is 0 Å². The molecule has 0 aliphatic heterocycles. The number of anilines is 2. The van der Waals surface area contributed by atoms with Crippen molar-refractivity contribution in [3.63, 3.8) is 0 Å². The van der Waals surface area contributed by atoms with Crippen molar-refractivity contribution in [1.82, 2.24) is 4.98 Å². The fraction of sp³-hybridized carbons (Fsp3) is 0.545. The van der Waals surface area contributed by atoms with Crippen LogP contribution < -0.4 is 10.6 Å². The van der Waals surface area contributed by atoms with Crippen molar-refractivity contribution in [3.05, 3.63) is 16.1 Å². The molecule has 0 aromatic carbocycles. The normalized spacial score (nSPS) is 14.2. The molecule has 6 heteroatoms. The molecule has 1 heterocycles. The number of hydrogen-bond acceptors (Lipinski definition) is 4. The fourth-order valence-electron chi connectivity index (χ4n) is 1.26. The summed E-state index contributed by atoms with van der Waals surface area (Å²) in [5.74, 6) is 1.25. The third kappa shape index (κ3) is 3.63. The molecule has 0 aliphatic carbocycles. The second kappa shape index (κ2) is 6.28. The van der Waals surface area contributed by atoms with Crippen LogP contribution in [-0.2, 0) is 0 Å². The van der Waals surface area contributed by atoms with Crippen molar-refractivity contribution in [2.24, 2.45) is 5.92 Å². The predicted octanol–water partition coefficient (Wildman–Crippen LogP) is 2.86. The number of pyridine rings is 1. The molecule has 2 unspecified atom stereocenters. The molecule has 4 nitrogen and oxygen atoms in total. The van der Waals surface area contributed by atoms with E-state index in [1.54, 1.807) is 13.1 Å². The van der Waals surface area contributed by atoms with E-state index in [-0.39, 0.29) is 18.6 Å². The van der Waals surface area contributed by atoms with E-state index in [0.29, 0.717) is 21.7 Å². The van der Waals surface area contributed by atoms with Gasteiger partial charge in [-0.25, -0.2) is 4.98 Å². The number of aliphatic hydroxyl groups is 1. The minimum Gasteiger partial charge on any atom is -0.396 e. The van der Waals surface area contributed by atoms with Crippen LogP contribution >= 0.6 is 23.2 Å². The number of nitrogens with one attached hydrogen (secondary N) is 2. The highest BCUT2D eigenvalue weighted by Gasteiger charge is 2.14. The SMILES string of the molecule is CNc1nc(NC(C)C(C)CO)c(Cl)cc1Cl. The van der Waals surface area contributed by atoms with Gasteiger partial charge in [-0.2, -0.15) is 0 Å². The first kappa shape index (κ1) is 14.4. The molecule has 96 valence electrons. The molecule has 0 saturated heterocycles. The highest BCUT2D eigenvalue weighted by atomic mass is 35.5. The largest absolute Gasteiger partial charge is 0.396 e. The number of aromatic nitrogens is 1. The Morgan fingerprint density at radius 2 is 1.88 bits per heavy atom. The monoisotopic (exact) mass is 277 g/mol. The Morgan fingerprint density at radius 1 is 1.29 bits per heavy atom. The lowest BCUT2D eigenvalue weighted by atomic mass is 10.1. The van der Waals surface area contributed by atoms with E-state index < -0.39 is 0 Å². The van der Waals surface area contributed by atoms with Crippen LogP contribution in [0, 0.1) is 5.92 Å². The van der Waals surface area contributed by atoms with Gasteiger partial charge < -0.3 is 15.7 Å². The summed E-state index contributed by atoms with van der Waals surface area (Å²) in [6, 6.07) is 1.71. The van der Waals surface area contributed by atoms with E-state index in [0.717, 1.165) is 0 Å². The summed E-state index contributed by atoms with van der Waals surface area (Å²) in [4.78, 5) is 4.28. The molecular formula is C11H17Cl2N3O. The molecule has 0 radical (unpaired) electrons. The lowest BCUT2D eigenvalue weighted by Crippen LogP contribution is -2.27. The number of nitrogens with zero attached hydrogens (tertiary/aromatic N) is 1. The smallest absolute Gasteiger partial charge is 0.147 e. The molecule has 1 rings (SSSR count). The average Bonchev–Trinajstić information content (AvgIpc) is 2.31. The zero-order chi connectivity index (χ0) is 13.0. The van der Waals surface area contributed by atoms with Crippen LogP contribution in [0.5, 0.6) is 0 Å². The maximum Gasteiger partial charge on any atom is 0.147 e. The standard InChI is InChI=1S/C11H17Cl2N3O/c1-6(5-17)7(2)15-11-9(13)4-8(12)10(14-3)16-11/h4,6-7,17H,5H2,1-3H3,(H2,14,15,16). The van der Waals surface area contributed by atoms with Crippen LogP contribution in [0.3, 0.4) is 0 Å². The minimum absolute atomic E-state index is 0.0656. The second-order valence-electron chi connectivity index (χ2n) is 3.99. The first-order valence-electron chi connectivity index (χ1n) is 5.40. The van der Waals surface area contributed by atoms with Gasteiger partial charge in [0.1, 0.15) is 11.6 Å². The van der Waals surface area contributed by atoms with Crippen LogP contribution in [0.15, 0.2) is 6.07 Å². The van der Waals surface area contributed by atoms with E-state index in [1.807, 2.05) is 13.8 Å². The molecule has 0 fully saturated rings. The maximum absolute atomic E-state index is 9.07. The Labute approximate surface area is 111 Å². The first-order chi connectivity index (χ1) is 7.99. The number of aliphatic hydroxyl groups excluding tert-OH is 1. The summed E-state index contributed by atoms with van der Waals surface area (Å²) in [7, 11) is 1.74. The van der Waals surface area contributed by atoms with Crippen molar-refractivity contribution in [3.8, 4) is 0 Å². The molecule has 17 heavy (non-hydrogen) atoms. The van der Waals surface area contributed by atoms with Crippen LogP contribution in [-0.4, -0.2) is 29.8 Å². The van der Waals surface area contributed by atoms with Gasteiger partial charge in [-0.3, -0.25) is 0 Å². The molecule has 1 aromatic rings. The summed E-state index contributed by atoms with van der Waals surface area (Å²) >= 11 is 12.0. The first-order valence-corrected chi connectivity index (χ1v) is 6.16. The summed E-state index contributed by atoms with van der Waals surface area (Å²) < 4.78 is 0. The van der Waals surface area contributed by atoms with Crippen molar-refractivity contribution in [2.45, 2.75) is 19.9 Å². The molecule has 0 saturated carbocycles. The zero-order valence-corrected chi connectivity index (χ0v) is 11.6. The van der Waals surface area contributed by atoms with Crippen molar-refractivity contribution >= 4 is 34.8 Å². The maximum atomic E-state index is 9.07. The minimum atomic E-state index is 0.0656. The van der Waals surface area contributed by atoms with E-state index in [4.69, 9.17) is 28.3 Å². The lowest BCUT2D eigenvalue weighted by Gasteiger charge is -2.21. The molecule has 0 bridgehead atoms. The Bertz CT molecular complexity index is 387. The molecule has 0 amide bonds. The van der Waals surface area contributed by atoms with Gasteiger partial charge in [0.2, 0.25) is 0 Å². The molecule has 2 atom stereocenters. The molecule has 3 N–H and O–H groups in total. The van der Waals surface area contributed by atoms with Crippen LogP contribution in [0.25, 0.3) is 0 Å². The Morgan fingerprint density at radius 3 is 2.41 bits per heavy atom. The molecule has 0 spiro atoms. The Hall–Kier alpha value is -0.710. The Kier molecular flexibility index (Phi) is 5.31. The van der Waals surface area contributed by atoms with Gasteiger partial charge in [-0.1, -0.05) is 30.1 Å². The van der Waals surface area contributed by atoms with E-state index >= 15 is 0 Å². The van der Waals surface area contributed by atoms with Crippen molar-refractivity contribution < 1.29 is 5.11 Å². The van der Waals surface area contributed by atoms with Crippen LogP contribution in [0.4, 0.5) is 11.6 Å². The molecule has 1 aromatic heterocycles. The van der Waals surface area contributed by atoms with E-state index in [2.05, 4.69) is 15.6 Å². The average molecular weight is 278 g/mol. The second-order valence-corrected chi connectivity index (χ2v) is 4.81. The highest BCUT2D eigenvalue weighted by Crippen LogP contribution is 2.29. The van der Waals surface area contributed by atoms with Gasteiger partial charge in [0.15, 0.2) is 0 Å². The van der Waals surface area contributed by atoms with Gasteiger partial charge in [-0.15, -0.1) is 0 Å². The van der Waals surface area contributed by atoms with Gasteiger partial charge in [0, 0.05) is 19.7 Å². The highest BCUT2D eigenvalue weighted by molar-refractivity contribution is 6.37. The molecule has 0 aliphatic rings. The lowest BCUT2D eigenvalue weighted by molar-refractivity contribution is 0.226.